The third-order valence-corrected chi connectivity index (χ3v) is 3.83. The molecule has 1 saturated carbocycles. The van der Waals surface area contributed by atoms with Gasteiger partial charge in [0.1, 0.15) is 5.75 Å². The second-order valence-corrected chi connectivity index (χ2v) is 5.02. The van der Waals surface area contributed by atoms with E-state index in [0.29, 0.717) is 11.5 Å². The van der Waals surface area contributed by atoms with Crippen LogP contribution in [0.2, 0.25) is 0 Å². The van der Waals surface area contributed by atoms with Crippen molar-refractivity contribution >= 4 is 12.4 Å². The molecule has 1 fully saturated rings. The van der Waals surface area contributed by atoms with Gasteiger partial charge in [-0.3, -0.25) is 0 Å². The van der Waals surface area contributed by atoms with Gasteiger partial charge in [-0.1, -0.05) is 18.9 Å². The number of alkyl halides is 3. The van der Waals surface area contributed by atoms with Crippen LogP contribution in [0.25, 0.3) is 0 Å². The Morgan fingerprint density at radius 2 is 1.85 bits per heavy atom. The van der Waals surface area contributed by atoms with Crippen molar-refractivity contribution in [2.75, 3.05) is 7.11 Å². The van der Waals surface area contributed by atoms with Crippen molar-refractivity contribution in [3.8, 4) is 5.75 Å². The molecular formula is C14H19ClF3NO. The Balaban J connectivity index is 0.00000200. The third-order valence-electron chi connectivity index (χ3n) is 3.83. The molecular weight excluding hydrogens is 291 g/mol. The number of methoxy groups -OCH3 is 1. The van der Waals surface area contributed by atoms with E-state index in [0.717, 1.165) is 37.8 Å². The zero-order valence-electron chi connectivity index (χ0n) is 11.2. The first kappa shape index (κ1) is 17.1. The number of rotatable bonds is 3. The summed E-state index contributed by atoms with van der Waals surface area (Å²) in [7, 11) is 1.38. The summed E-state index contributed by atoms with van der Waals surface area (Å²) in [6, 6.07) is 3.31. The van der Waals surface area contributed by atoms with E-state index >= 15 is 0 Å². The van der Waals surface area contributed by atoms with Gasteiger partial charge in [0.25, 0.3) is 0 Å². The van der Waals surface area contributed by atoms with Crippen LogP contribution in [0.1, 0.15) is 42.9 Å². The summed E-state index contributed by atoms with van der Waals surface area (Å²) in [4.78, 5) is 0. The molecule has 6 heteroatoms. The molecule has 2 rings (SSSR count). The molecule has 0 radical (unpaired) electrons. The van der Waals surface area contributed by atoms with Crippen molar-refractivity contribution in [1.82, 2.24) is 0 Å². The lowest BCUT2D eigenvalue weighted by Crippen LogP contribution is -2.20. The third kappa shape index (κ3) is 3.58. The molecule has 0 bridgehead atoms. The molecule has 1 aromatic carbocycles. The van der Waals surface area contributed by atoms with Crippen molar-refractivity contribution in [1.29, 1.82) is 0 Å². The summed E-state index contributed by atoms with van der Waals surface area (Å²) in [6.45, 7) is 0. The Labute approximate surface area is 122 Å². The van der Waals surface area contributed by atoms with Gasteiger partial charge in [-0.15, -0.1) is 12.4 Å². The molecule has 0 amide bonds. The first-order valence-corrected chi connectivity index (χ1v) is 6.44. The first-order chi connectivity index (χ1) is 8.93. The largest absolute Gasteiger partial charge is 0.496 e. The highest BCUT2D eigenvalue weighted by Crippen LogP contribution is 2.39. The average molecular weight is 310 g/mol. The molecule has 1 atom stereocenters. The van der Waals surface area contributed by atoms with Crippen LogP contribution in [0.15, 0.2) is 18.2 Å². The Morgan fingerprint density at radius 1 is 1.25 bits per heavy atom. The summed E-state index contributed by atoms with van der Waals surface area (Å²) in [5.41, 5.74) is 6.14. The zero-order chi connectivity index (χ0) is 14.0. The molecule has 2 nitrogen and oxygen atoms in total. The fourth-order valence-electron chi connectivity index (χ4n) is 2.73. The van der Waals surface area contributed by atoms with E-state index < -0.39 is 11.7 Å². The molecule has 1 aliphatic rings. The monoisotopic (exact) mass is 309 g/mol. The lowest BCUT2D eigenvalue weighted by atomic mass is 9.91. The smallest absolute Gasteiger partial charge is 0.416 e. The number of hydrogen-bond donors (Lipinski definition) is 1. The molecule has 20 heavy (non-hydrogen) atoms. The van der Waals surface area contributed by atoms with Crippen molar-refractivity contribution in [2.24, 2.45) is 11.7 Å². The van der Waals surface area contributed by atoms with Crippen LogP contribution in [-0.2, 0) is 6.18 Å². The first-order valence-electron chi connectivity index (χ1n) is 6.44. The van der Waals surface area contributed by atoms with Crippen LogP contribution in [0.4, 0.5) is 13.2 Å². The second kappa shape index (κ2) is 6.68. The highest BCUT2D eigenvalue weighted by atomic mass is 35.5. The van der Waals surface area contributed by atoms with E-state index in [-0.39, 0.29) is 24.2 Å². The van der Waals surface area contributed by atoms with Crippen LogP contribution >= 0.6 is 12.4 Å². The van der Waals surface area contributed by atoms with Gasteiger partial charge < -0.3 is 10.5 Å². The number of ether oxygens (including phenoxy) is 1. The van der Waals surface area contributed by atoms with Crippen molar-refractivity contribution in [3.05, 3.63) is 29.3 Å². The van der Waals surface area contributed by atoms with E-state index in [1.807, 2.05) is 0 Å². The minimum absolute atomic E-state index is 0. The van der Waals surface area contributed by atoms with Crippen LogP contribution in [0, 0.1) is 5.92 Å². The zero-order valence-corrected chi connectivity index (χ0v) is 12.1. The molecule has 2 N–H and O–H groups in total. The summed E-state index contributed by atoms with van der Waals surface area (Å²) < 4.78 is 43.0. The van der Waals surface area contributed by atoms with Gasteiger partial charge in [0, 0.05) is 11.6 Å². The molecule has 114 valence electrons. The minimum atomic E-state index is -4.36. The van der Waals surface area contributed by atoms with Crippen molar-refractivity contribution < 1.29 is 17.9 Å². The number of benzene rings is 1. The number of halogens is 4. The Hall–Kier alpha value is -0.940. The lowest BCUT2D eigenvalue weighted by molar-refractivity contribution is -0.137. The van der Waals surface area contributed by atoms with E-state index in [1.165, 1.54) is 13.2 Å². The lowest BCUT2D eigenvalue weighted by Gasteiger charge is -2.22. The van der Waals surface area contributed by atoms with Crippen LogP contribution < -0.4 is 10.5 Å². The SMILES string of the molecule is COc1cc(C(F)(F)F)ccc1[C@H](N)C1CCCC1.Cl. The molecule has 1 aliphatic carbocycles. The number of nitrogens with two attached hydrogens (primary N) is 1. The highest BCUT2D eigenvalue weighted by molar-refractivity contribution is 5.85. The topological polar surface area (TPSA) is 35.2 Å². The van der Waals surface area contributed by atoms with E-state index in [9.17, 15) is 13.2 Å². The van der Waals surface area contributed by atoms with Crippen molar-refractivity contribution in [2.45, 2.75) is 37.9 Å². The van der Waals surface area contributed by atoms with Gasteiger partial charge >= 0.3 is 6.18 Å². The van der Waals surface area contributed by atoms with Crippen LogP contribution in [-0.4, -0.2) is 7.11 Å². The van der Waals surface area contributed by atoms with Crippen LogP contribution in [0.5, 0.6) is 5.75 Å². The highest BCUT2D eigenvalue weighted by Gasteiger charge is 2.32. The minimum Gasteiger partial charge on any atom is -0.496 e. The summed E-state index contributed by atoms with van der Waals surface area (Å²) >= 11 is 0. The van der Waals surface area contributed by atoms with E-state index in [4.69, 9.17) is 10.5 Å². The van der Waals surface area contributed by atoms with Gasteiger partial charge in [-0.2, -0.15) is 13.2 Å². The van der Waals surface area contributed by atoms with Gasteiger partial charge in [-0.05, 0) is 30.9 Å². The van der Waals surface area contributed by atoms with E-state index in [1.54, 1.807) is 0 Å². The van der Waals surface area contributed by atoms with E-state index in [2.05, 4.69) is 0 Å². The number of hydrogen-bond acceptors (Lipinski definition) is 2. The predicted octanol–water partition coefficient (Wildman–Crippen LogP) is 4.33. The second-order valence-electron chi connectivity index (χ2n) is 5.02. The van der Waals surface area contributed by atoms with Crippen molar-refractivity contribution in [3.63, 3.8) is 0 Å². The molecule has 0 aromatic heterocycles. The Kier molecular flexibility index (Phi) is 5.71. The molecule has 0 aliphatic heterocycles. The maximum atomic E-state index is 12.7. The Morgan fingerprint density at radius 3 is 2.35 bits per heavy atom. The summed E-state index contributed by atoms with van der Waals surface area (Å²) in [6.07, 6.45) is -0.0113. The quantitative estimate of drug-likeness (QED) is 0.902. The average Bonchev–Trinajstić information content (AvgIpc) is 2.90. The normalized spacial score (nSPS) is 17.6. The maximum absolute atomic E-state index is 12.7. The maximum Gasteiger partial charge on any atom is 0.416 e. The molecule has 1 aromatic rings. The Bertz CT molecular complexity index is 445. The molecule has 0 spiro atoms. The van der Waals surface area contributed by atoms with Gasteiger partial charge in [0.2, 0.25) is 0 Å². The van der Waals surface area contributed by atoms with Gasteiger partial charge in [-0.25, -0.2) is 0 Å². The molecule has 0 saturated heterocycles. The standard InChI is InChI=1S/C14H18F3NO.ClH/c1-19-12-8-10(14(15,16)17)6-7-11(12)13(18)9-4-2-3-5-9;/h6-9,13H,2-5,18H2,1H3;1H/t13-;/m1./s1. The van der Waals surface area contributed by atoms with Gasteiger partial charge in [0.15, 0.2) is 0 Å². The van der Waals surface area contributed by atoms with Gasteiger partial charge in [0.05, 0.1) is 12.7 Å². The predicted molar refractivity (Wildman–Crippen MR) is 74.1 cm³/mol. The summed E-state index contributed by atoms with van der Waals surface area (Å²) in [5, 5.41) is 0. The fourth-order valence-corrected chi connectivity index (χ4v) is 2.73. The summed E-state index contributed by atoms with van der Waals surface area (Å²) in [5.74, 6) is 0.569. The molecule has 0 unspecified atom stereocenters. The van der Waals surface area contributed by atoms with Crippen LogP contribution in [0.3, 0.4) is 0 Å². The molecule has 0 heterocycles. The fraction of sp³-hybridized carbons (Fsp3) is 0.571.